The SMILES string of the molecule is COc1ccc(NC(=O)CN(CCO)C2CC2)cc1. The van der Waals surface area contributed by atoms with Gasteiger partial charge in [-0.25, -0.2) is 0 Å². The van der Waals surface area contributed by atoms with E-state index in [1.807, 2.05) is 29.2 Å². The average Bonchev–Trinajstić information content (AvgIpc) is 3.23. The monoisotopic (exact) mass is 264 g/mol. The van der Waals surface area contributed by atoms with E-state index in [0.29, 0.717) is 19.1 Å². The van der Waals surface area contributed by atoms with E-state index >= 15 is 0 Å². The summed E-state index contributed by atoms with van der Waals surface area (Å²) in [5.41, 5.74) is 0.755. The Bertz CT molecular complexity index is 415. The molecule has 0 atom stereocenters. The van der Waals surface area contributed by atoms with Gasteiger partial charge in [0.1, 0.15) is 5.75 Å². The van der Waals surface area contributed by atoms with Gasteiger partial charge >= 0.3 is 0 Å². The van der Waals surface area contributed by atoms with Gasteiger partial charge < -0.3 is 15.2 Å². The number of nitrogens with one attached hydrogen (secondary N) is 1. The highest BCUT2D eigenvalue weighted by molar-refractivity contribution is 5.92. The Morgan fingerprint density at radius 2 is 2.11 bits per heavy atom. The molecular formula is C14H20N2O3. The number of hydrogen-bond acceptors (Lipinski definition) is 4. The maximum absolute atomic E-state index is 11.9. The van der Waals surface area contributed by atoms with Crippen LogP contribution in [0.3, 0.4) is 0 Å². The van der Waals surface area contributed by atoms with Crippen LogP contribution in [0, 0.1) is 0 Å². The van der Waals surface area contributed by atoms with Crippen LogP contribution >= 0.6 is 0 Å². The van der Waals surface area contributed by atoms with Gasteiger partial charge in [0.15, 0.2) is 0 Å². The Balaban J connectivity index is 1.85. The molecule has 1 aliphatic rings. The molecule has 0 spiro atoms. The molecule has 0 bridgehead atoms. The Morgan fingerprint density at radius 3 is 2.63 bits per heavy atom. The third-order valence-electron chi connectivity index (χ3n) is 3.17. The van der Waals surface area contributed by atoms with Crippen molar-refractivity contribution in [1.82, 2.24) is 4.90 Å². The van der Waals surface area contributed by atoms with E-state index in [1.54, 1.807) is 7.11 Å². The Morgan fingerprint density at radius 1 is 1.42 bits per heavy atom. The van der Waals surface area contributed by atoms with E-state index in [1.165, 1.54) is 0 Å². The van der Waals surface area contributed by atoms with Gasteiger partial charge in [0.05, 0.1) is 20.3 Å². The van der Waals surface area contributed by atoms with Crippen molar-refractivity contribution in [2.45, 2.75) is 18.9 Å². The number of methoxy groups -OCH3 is 1. The molecule has 0 aromatic heterocycles. The summed E-state index contributed by atoms with van der Waals surface area (Å²) in [6.45, 7) is 0.976. The topological polar surface area (TPSA) is 61.8 Å². The largest absolute Gasteiger partial charge is 0.497 e. The average molecular weight is 264 g/mol. The van der Waals surface area contributed by atoms with Crippen LogP contribution < -0.4 is 10.1 Å². The number of aliphatic hydroxyl groups is 1. The number of carbonyl (C=O) groups excluding carboxylic acids is 1. The lowest BCUT2D eigenvalue weighted by molar-refractivity contribution is -0.117. The Kier molecular flexibility index (Phi) is 4.76. The minimum Gasteiger partial charge on any atom is -0.497 e. The number of hydrogen-bond donors (Lipinski definition) is 2. The zero-order valence-electron chi connectivity index (χ0n) is 11.1. The summed E-state index contributed by atoms with van der Waals surface area (Å²) in [7, 11) is 1.61. The van der Waals surface area contributed by atoms with Gasteiger partial charge in [-0.15, -0.1) is 0 Å². The van der Waals surface area contributed by atoms with E-state index < -0.39 is 0 Å². The first-order valence-corrected chi connectivity index (χ1v) is 6.51. The fourth-order valence-corrected chi connectivity index (χ4v) is 2.02. The lowest BCUT2D eigenvalue weighted by Crippen LogP contribution is -2.36. The summed E-state index contributed by atoms with van der Waals surface area (Å²) in [5.74, 6) is 0.711. The van der Waals surface area contributed by atoms with Crippen molar-refractivity contribution in [3.05, 3.63) is 24.3 Å². The van der Waals surface area contributed by atoms with Crippen LogP contribution in [0.4, 0.5) is 5.69 Å². The van der Waals surface area contributed by atoms with Crippen molar-refractivity contribution in [3.63, 3.8) is 0 Å². The molecule has 0 radical (unpaired) electrons. The number of aliphatic hydroxyl groups excluding tert-OH is 1. The molecule has 1 aliphatic carbocycles. The van der Waals surface area contributed by atoms with Crippen molar-refractivity contribution in [2.24, 2.45) is 0 Å². The fourth-order valence-electron chi connectivity index (χ4n) is 2.02. The third kappa shape index (κ3) is 4.22. The molecule has 1 aromatic carbocycles. The molecule has 1 amide bonds. The molecule has 104 valence electrons. The highest BCUT2D eigenvalue weighted by atomic mass is 16.5. The zero-order chi connectivity index (χ0) is 13.7. The standard InChI is InChI=1S/C14H20N2O3/c1-19-13-6-2-11(3-7-13)15-14(18)10-16(8-9-17)12-4-5-12/h2-3,6-7,12,17H,4-5,8-10H2,1H3,(H,15,18). The van der Waals surface area contributed by atoms with Gasteiger partial charge in [-0.1, -0.05) is 0 Å². The number of ether oxygens (including phenoxy) is 1. The molecule has 1 aromatic rings. The smallest absolute Gasteiger partial charge is 0.238 e. The summed E-state index contributed by atoms with van der Waals surface area (Å²) in [5, 5.41) is 11.8. The molecule has 5 heteroatoms. The second kappa shape index (κ2) is 6.54. The predicted molar refractivity (Wildman–Crippen MR) is 73.3 cm³/mol. The minimum absolute atomic E-state index is 0.0504. The highest BCUT2D eigenvalue weighted by Crippen LogP contribution is 2.26. The van der Waals surface area contributed by atoms with Crippen molar-refractivity contribution in [3.8, 4) is 5.75 Å². The van der Waals surface area contributed by atoms with Crippen LogP contribution in [0.2, 0.25) is 0 Å². The van der Waals surface area contributed by atoms with Crippen LogP contribution in [-0.4, -0.2) is 48.8 Å². The van der Waals surface area contributed by atoms with E-state index in [9.17, 15) is 4.79 Å². The van der Waals surface area contributed by atoms with Gasteiger partial charge in [0.25, 0.3) is 0 Å². The fraction of sp³-hybridized carbons (Fsp3) is 0.500. The molecule has 5 nitrogen and oxygen atoms in total. The Labute approximate surface area is 113 Å². The van der Waals surface area contributed by atoms with Crippen LogP contribution in [-0.2, 0) is 4.79 Å². The van der Waals surface area contributed by atoms with Gasteiger partial charge in [-0.05, 0) is 37.1 Å². The first-order chi connectivity index (χ1) is 9.22. The van der Waals surface area contributed by atoms with Gasteiger partial charge in [0, 0.05) is 18.3 Å². The zero-order valence-corrected chi connectivity index (χ0v) is 11.1. The van der Waals surface area contributed by atoms with E-state index in [-0.39, 0.29) is 12.5 Å². The molecule has 2 N–H and O–H groups in total. The number of amides is 1. The van der Waals surface area contributed by atoms with Crippen LogP contribution in [0.1, 0.15) is 12.8 Å². The van der Waals surface area contributed by atoms with E-state index in [0.717, 1.165) is 24.3 Å². The second-order valence-corrected chi connectivity index (χ2v) is 4.70. The van der Waals surface area contributed by atoms with Crippen molar-refractivity contribution in [2.75, 3.05) is 32.1 Å². The number of nitrogens with zero attached hydrogens (tertiary/aromatic N) is 1. The summed E-state index contributed by atoms with van der Waals surface area (Å²) >= 11 is 0. The lowest BCUT2D eigenvalue weighted by atomic mass is 10.3. The normalized spacial score (nSPS) is 14.5. The van der Waals surface area contributed by atoms with Crippen LogP contribution in [0.5, 0.6) is 5.75 Å². The van der Waals surface area contributed by atoms with Crippen LogP contribution in [0.15, 0.2) is 24.3 Å². The molecule has 1 saturated carbocycles. The summed E-state index contributed by atoms with van der Waals surface area (Å²) in [6.07, 6.45) is 2.24. The van der Waals surface area contributed by atoms with Crippen molar-refractivity contribution < 1.29 is 14.6 Å². The molecular weight excluding hydrogens is 244 g/mol. The summed E-state index contributed by atoms with van der Waals surface area (Å²) in [4.78, 5) is 13.9. The predicted octanol–water partition coefficient (Wildman–Crippen LogP) is 1.09. The summed E-state index contributed by atoms with van der Waals surface area (Å²) < 4.78 is 5.06. The molecule has 0 unspecified atom stereocenters. The molecule has 0 heterocycles. The molecule has 0 saturated heterocycles. The molecule has 1 fully saturated rings. The second-order valence-electron chi connectivity index (χ2n) is 4.70. The van der Waals surface area contributed by atoms with Crippen molar-refractivity contribution in [1.29, 1.82) is 0 Å². The van der Waals surface area contributed by atoms with Gasteiger partial charge in [-0.2, -0.15) is 0 Å². The Hall–Kier alpha value is -1.59. The molecule has 2 rings (SSSR count). The van der Waals surface area contributed by atoms with E-state index in [4.69, 9.17) is 9.84 Å². The third-order valence-corrected chi connectivity index (χ3v) is 3.17. The first-order valence-electron chi connectivity index (χ1n) is 6.51. The maximum Gasteiger partial charge on any atom is 0.238 e. The molecule has 19 heavy (non-hydrogen) atoms. The number of anilines is 1. The number of rotatable bonds is 7. The van der Waals surface area contributed by atoms with Gasteiger partial charge in [0.2, 0.25) is 5.91 Å². The quantitative estimate of drug-likeness (QED) is 0.774. The van der Waals surface area contributed by atoms with Gasteiger partial charge in [-0.3, -0.25) is 9.69 Å². The molecule has 0 aliphatic heterocycles. The minimum atomic E-state index is -0.0504. The number of benzene rings is 1. The van der Waals surface area contributed by atoms with Crippen LogP contribution in [0.25, 0.3) is 0 Å². The maximum atomic E-state index is 11.9. The lowest BCUT2D eigenvalue weighted by Gasteiger charge is -2.20. The first kappa shape index (κ1) is 13.8. The number of carbonyl (C=O) groups is 1. The summed E-state index contributed by atoms with van der Waals surface area (Å²) in [6, 6.07) is 7.70. The highest BCUT2D eigenvalue weighted by Gasteiger charge is 2.29. The van der Waals surface area contributed by atoms with Crippen molar-refractivity contribution >= 4 is 11.6 Å². The van der Waals surface area contributed by atoms with E-state index in [2.05, 4.69) is 5.32 Å².